The first-order chi connectivity index (χ1) is 4.00. The van der Waals surface area contributed by atoms with E-state index in [9.17, 15) is 0 Å². The Morgan fingerprint density at radius 1 is 0.800 bits per heavy atom. The van der Waals surface area contributed by atoms with E-state index < -0.39 is 0 Å². The highest BCUT2D eigenvalue weighted by molar-refractivity contribution is 7.77. The number of hydrogen-bond acceptors (Lipinski definition) is 2. The van der Waals surface area contributed by atoms with Gasteiger partial charge in [-0.1, -0.05) is 52.1 Å². The van der Waals surface area contributed by atoms with Gasteiger partial charge in [-0.3, -0.25) is 0 Å². The topological polar surface area (TPSA) is 31.5 Å². The molecular formula is C6H24OS3. The van der Waals surface area contributed by atoms with Gasteiger partial charge in [-0.25, -0.2) is 0 Å². The maximum Gasteiger partial charge on any atom is 0 e. The zero-order valence-electron chi connectivity index (χ0n) is 7.23. The summed E-state index contributed by atoms with van der Waals surface area (Å²) in [5.74, 6) is 5.67. The Labute approximate surface area is 85.9 Å². The summed E-state index contributed by atoms with van der Waals surface area (Å²) < 4.78 is 0. The molecule has 2 N–H and O–H groups in total. The van der Waals surface area contributed by atoms with E-state index in [2.05, 4.69) is 36.2 Å². The summed E-state index contributed by atoms with van der Waals surface area (Å²) in [7, 11) is 0. The Hall–Kier alpha value is 0.490. The third-order valence-electron chi connectivity index (χ3n) is 0. The molecule has 0 bridgehead atoms. The quantitative estimate of drug-likeness (QED) is 0.578. The van der Waals surface area contributed by atoms with Gasteiger partial charge in [-0.05, 0) is 11.7 Å². The molecule has 4 heteroatoms. The fourth-order valence-corrected chi connectivity index (χ4v) is 0. The molecule has 0 atom stereocenters. The van der Waals surface area contributed by atoms with Crippen LogP contribution in [0.5, 0.6) is 0 Å². The number of rotatable bonds is 0. The van der Waals surface area contributed by atoms with Crippen molar-refractivity contribution in [2.75, 3.05) is 0 Å². The summed E-state index contributed by atoms with van der Waals surface area (Å²) in [6, 6.07) is 0. The Bertz CT molecular complexity index is 22.8. The number of thiocarbonyl (C=S) groups is 2. The molecule has 0 aliphatic carbocycles. The molecule has 0 amide bonds. The lowest BCUT2D eigenvalue weighted by atomic mass is 11.0. The second kappa shape index (κ2) is 2850. The van der Waals surface area contributed by atoms with Crippen LogP contribution in [0.1, 0.15) is 30.5 Å². The molecule has 0 heterocycles. The van der Waals surface area contributed by atoms with E-state index in [1.807, 2.05) is 27.7 Å². The molecule has 0 aliphatic rings. The zero-order valence-corrected chi connectivity index (χ0v) is 9.86. The van der Waals surface area contributed by atoms with Crippen LogP contribution >= 0.6 is 37.9 Å². The highest BCUT2D eigenvalue weighted by Gasteiger charge is 0.934. The third kappa shape index (κ3) is 1980. The molecule has 0 spiro atoms. The maximum absolute atomic E-state index is 3.83. The maximum atomic E-state index is 3.83. The van der Waals surface area contributed by atoms with Crippen LogP contribution < -0.4 is 0 Å². The van der Waals surface area contributed by atoms with Crippen molar-refractivity contribution in [3.63, 3.8) is 0 Å². The van der Waals surface area contributed by atoms with E-state index in [1.54, 1.807) is 0 Å². The Morgan fingerprint density at radius 3 is 0.800 bits per heavy atom. The average molecular weight is 212 g/mol. The minimum absolute atomic E-state index is 0. The molecule has 0 aromatic rings. The summed E-state index contributed by atoms with van der Waals surface area (Å²) in [6.07, 6.45) is 0. The van der Waals surface area contributed by atoms with Crippen LogP contribution in [0, 0.1) is 0 Å². The van der Waals surface area contributed by atoms with Crippen molar-refractivity contribution in [2.24, 2.45) is 0 Å². The van der Waals surface area contributed by atoms with Gasteiger partial charge in [0.05, 0.1) is 0 Å². The average Bonchev–Trinajstić information content (AvgIpc) is 2.03. The second-order valence-corrected chi connectivity index (χ2v) is 0. The van der Waals surface area contributed by atoms with Crippen molar-refractivity contribution in [1.82, 2.24) is 0 Å². The molecule has 10 heavy (non-hydrogen) atoms. The fourth-order valence-electron chi connectivity index (χ4n) is 0. The van der Waals surface area contributed by atoms with Crippen LogP contribution in [0.15, 0.2) is 0 Å². The molecule has 0 rings (SSSR count). The van der Waals surface area contributed by atoms with Crippen molar-refractivity contribution < 1.29 is 8.33 Å². The molecular weight excluding hydrogens is 184 g/mol. The van der Waals surface area contributed by atoms with Crippen LogP contribution in [0.4, 0.5) is 0 Å². The minimum Gasteiger partial charge on any atom is -0.412 e. The van der Waals surface area contributed by atoms with E-state index in [0.29, 0.717) is 0 Å². The molecule has 0 fully saturated rings. The zero-order chi connectivity index (χ0) is 8.00. The summed E-state index contributed by atoms with van der Waals surface area (Å²) >= 11 is 7.67. The summed E-state index contributed by atoms with van der Waals surface area (Å²) in [6.45, 7) is 8.00. The SMILES string of the molecule is C=S.C=S.CC.CC.O.S.[3HH].[3HH]. The lowest BCUT2D eigenvalue weighted by Gasteiger charge is -1.07. The normalized spacial score (nSPS) is 2.00. The number of hydrogen-bond donors (Lipinski definition) is 0. The van der Waals surface area contributed by atoms with Gasteiger partial charge in [-0.15, -0.1) is 0 Å². The van der Waals surface area contributed by atoms with Crippen molar-refractivity contribution in [3.05, 3.63) is 0 Å². The third-order valence-corrected chi connectivity index (χ3v) is 0. The van der Waals surface area contributed by atoms with E-state index in [4.69, 9.17) is 0 Å². The highest BCUT2D eigenvalue weighted by Crippen LogP contribution is 1.15. The predicted molar refractivity (Wildman–Crippen MR) is 70.3 cm³/mol. The van der Waals surface area contributed by atoms with Crippen LogP contribution in [-0.4, -0.2) is 17.2 Å². The van der Waals surface area contributed by atoms with E-state index in [0.717, 1.165) is 0 Å². The van der Waals surface area contributed by atoms with Gasteiger partial charge in [0.2, 0.25) is 0 Å². The Morgan fingerprint density at radius 2 is 0.800 bits per heavy atom. The largest absolute Gasteiger partial charge is 0.412 e. The first-order valence-electron chi connectivity index (χ1n) is 2.58. The molecule has 72 valence electrons. The van der Waals surface area contributed by atoms with Gasteiger partial charge in [0, 0.05) is 2.85 Å². The lowest BCUT2D eigenvalue weighted by molar-refractivity contribution is 0.824. The molecule has 0 radical (unpaired) electrons. The Kier molecular flexibility index (Phi) is 13400. The van der Waals surface area contributed by atoms with Gasteiger partial charge in [0.25, 0.3) is 0 Å². The van der Waals surface area contributed by atoms with Gasteiger partial charge in [0.1, 0.15) is 0 Å². The molecule has 0 aliphatic heterocycles. The van der Waals surface area contributed by atoms with Crippen LogP contribution in [0.25, 0.3) is 0 Å². The van der Waals surface area contributed by atoms with Gasteiger partial charge >= 0.3 is 0 Å². The van der Waals surface area contributed by atoms with Crippen LogP contribution in [-0.2, 0) is 0 Å². The summed E-state index contributed by atoms with van der Waals surface area (Å²) in [5, 5.41) is 0. The first-order valence-corrected chi connectivity index (χ1v) is 3.73. The molecule has 0 aromatic heterocycles. The van der Waals surface area contributed by atoms with Crippen LogP contribution in [0.2, 0.25) is 0 Å². The molecule has 0 saturated carbocycles. The molecule has 0 unspecified atom stereocenters. The van der Waals surface area contributed by atoms with Gasteiger partial charge < -0.3 is 5.48 Å². The lowest BCUT2D eigenvalue weighted by Crippen LogP contribution is -0.856. The van der Waals surface area contributed by atoms with Crippen molar-refractivity contribution >= 4 is 49.7 Å². The van der Waals surface area contributed by atoms with E-state index in [-0.39, 0.29) is 21.8 Å². The first kappa shape index (κ1) is 46.9. The predicted octanol–water partition coefficient (Wildman–Crippen LogP) is 3.06. The van der Waals surface area contributed by atoms with Crippen LogP contribution in [0.3, 0.4) is 0 Å². The fraction of sp³-hybridized carbons (Fsp3) is 0.667. The van der Waals surface area contributed by atoms with Crippen molar-refractivity contribution in [1.29, 1.82) is 0 Å². The van der Waals surface area contributed by atoms with Crippen molar-refractivity contribution in [3.8, 4) is 0 Å². The smallest absolute Gasteiger partial charge is 0 e. The Balaban J connectivity index is -0.00000000267. The monoisotopic (exact) mass is 212 g/mol. The van der Waals surface area contributed by atoms with Gasteiger partial charge in [-0.2, -0.15) is 13.5 Å². The molecule has 0 saturated heterocycles. The standard InChI is InChI=1S/2C2H6.2CH2S.H2O.H2S.2H2/c4*1-2;;;;/h2*1-2H3;2*1H2;2*1H2;2*1H/i;;;;;;2*1+2. The molecule has 1 nitrogen and oxygen atoms in total. The van der Waals surface area contributed by atoms with Crippen molar-refractivity contribution in [2.45, 2.75) is 27.7 Å². The van der Waals surface area contributed by atoms with Gasteiger partial charge in [0.15, 0.2) is 0 Å². The van der Waals surface area contributed by atoms with E-state index in [1.165, 1.54) is 0 Å². The summed E-state index contributed by atoms with van der Waals surface area (Å²) in [5.41, 5.74) is 0. The highest BCUT2D eigenvalue weighted by atomic mass is 32.1. The molecule has 0 aromatic carbocycles. The summed E-state index contributed by atoms with van der Waals surface area (Å²) in [4.78, 5) is 0. The minimum atomic E-state index is 0. The van der Waals surface area contributed by atoms with E-state index >= 15 is 0 Å². The second-order valence-electron chi connectivity index (χ2n) is 0.